The first-order valence-corrected chi connectivity index (χ1v) is 12.9. The maximum atomic E-state index is 13.7. The molecule has 0 fully saturated rings. The maximum Gasteiger partial charge on any atom is 0.254 e. The van der Waals surface area contributed by atoms with E-state index in [1.54, 1.807) is 12.1 Å². The predicted molar refractivity (Wildman–Crippen MR) is 144 cm³/mol. The summed E-state index contributed by atoms with van der Waals surface area (Å²) in [6, 6.07) is 28.8. The number of carbonyl (C=O) groups excluding carboxylic acids is 1. The van der Waals surface area contributed by atoms with E-state index in [-0.39, 0.29) is 11.7 Å². The number of unbranched alkanes of at least 4 members (excludes halogenated alkanes) is 3. The quantitative estimate of drug-likeness (QED) is 0.190. The first kappa shape index (κ1) is 25.4. The van der Waals surface area contributed by atoms with Gasteiger partial charge in [0.15, 0.2) is 0 Å². The fraction of sp³-hybridized carbons (Fsp3) is 0.281. The number of nitrogens with zero attached hydrogens (tertiary/aromatic N) is 2. The lowest BCUT2D eigenvalue weighted by molar-refractivity contribution is 0.0726. The Morgan fingerprint density at radius 3 is 2.31 bits per heavy atom. The van der Waals surface area contributed by atoms with Crippen LogP contribution in [0.2, 0.25) is 0 Å². The van der Waals surface area contributed by atoms with Gasteiger partial charge in [-0.05, 0) is 65.9 Å². The zero-order chi connectivity index (χ0) is 25.2. The first-order valence-electron chi connectivity index (χ1n) is 12.9. The number of amides is 1. The molecule has 0 saturated carbocycles. The highest BCUT2D eigenvalue weighted by molar-refractivity contribution is 5.94. The molecule has 0 unspecified atom stereocenters. The van der Waals surface area contributed by atoms with E-state index in [9.17, 15) is 9.18 Å². The number of aryl methyl sites for hydroxylation is 1. The fourth-order valence-electron chi connectivity index (χ4n) is 4.53. The summed E-state index contributed by atoms with van der Waals surface area (Å²) in [5, 5.41) is 0. The van der Waals surface area contributed by atoms with E-state index in [0.29, 0.717) is 25.2 Å². The lowest BCUT2D eigenvalue weighted by Gasteiger charge is -2.24. The summed E-state index contributed by atoms with van der Waals surface area (Å²) < 4.78 is 15.8. The number of hydrogen-bond donors (Lipinski definition) is 0. The monoisotopic (exact) mass is 482 g/mol. The molecule has 1 aromatic heterocycles. The number of rotatable bonds is 12. The number of aromatic nitrogens is 1. The normalized spacial score (nSPS) is 10.9. The molecule has 0 aliphatic rings. The van der Waals surface area contributed by atoms with Crippen LogP contribution in [0.1, 0.15) is 65.3 Å². The summed E-state index contributed by atoms with van der Waals surface area (Å²) in [5.74, 6) is -0.231. The van der Waals surface area contributed by atoms with Gasteiger partial charge in [0.2, 0.25) is 0 Å². The maximum absolute atomic E-state index is 13.7. The van der Waals surface area contributed by atoms with Gasteiger partial charge >= 0.3 is 0 Å². The lowest BCUT2D eigenvalue weighted by atomic mass is 10.0. The minimum Gasteiger partial charge on any atom is -0.345 e. The molecule has 0 aliphatic heterocycles. The molecule has 1 amide bonds. The number of halogens is 1. The van der Waals surface area contributed by atoms with Crippen LogP contribution in [0.15, 0.2) is 97.2 Å². The van der Waals surface area contributed by atoms with Crippen molar-refractivity contribution in [2.24, 2.45) is 0 Å². The summed E-state index contributed by atoms with van der Waals surface area (Å²) in [7, 11) is 0. The highest BCUT2D eigenvalue weighted by Crippen LogP contribution is 2.18. The summed E-state index contributed by atoms with van der Waals surface area (Å²) in [4.78, 5) is 15.6. The Balaban J connectivity index is 1.51. The van der Waals surface area contributed by atoms with Crippen molar-refractivity contribution in [3.8, 4) is 0 Å². The van der Waals surface area contributed by atoms with Crippen LogP contribution < -0.4 is 0 Å². The molecule has 0 saturated heterocycles. The van der Waals surface area contributed by atoms with Gasteiger partial charge in [0, 0.05) is 30.5 Å². The van der Waals surface area contributed by atoms with Crippen molar-refractivity contribution >= 4 is 5.91 Å². The summed E-state index contributed by atoms with van der Waals surface area (Å²) >= 11 is 0. The largest absolute Gasteiger partial charge is 0.345 e. The van der Waals surface area contributed by atoms with E-state index in [1.165, 1.54) is 37.3 Å². The lowest BCUT2D eigenvalue weighted by Crippen LogP contribution is -2.31. The summed E-state index contributed by atoms with van der Waals surface area (Å²) in [6.45, 7) is 3.76. The number of carbonyl (C=O) groups is 1. The van der Waals surface area contributed by atoms with E-state index < -0.39 is 0 Å². The van der Waals surface area contributed by atoms with Crippen LogP contribution in [0.25, 0.3) is 0 Å². The molecule has 4 rings (SSSR count). The van der Waals surface area contributed by atoms with Crippen LogP contribution in [0, 0.1) is 5.82 Å². The SMILES string of the molecule is CCCCCCc1ccc(C(=O)N(Cc2ccccc2)Cc2cccn2Cc2cccc(F)c2)cc1. The van der Waals surface area contributed by atoms with Gasteiger partial charge in [-0.25, -0.2) is 4.39 Å². The van der Waals surface area contributed by atoms with E-state index in [1.807, 2.05) is 71.8 Å². The third-order valence-electron chi connectivity index (χ3n) is 6.54. The molecular weight excluding hydrogens is 447 g/mol. The predicted octanol–water partition coefficient (Wildman–Crippen LogP) is 7.64. The Labute approximate surface area is 214 Å². The van der Waals surface area contributed by atoms with Gasteiger partial charge in [-0.15, -0.1) is 0 Å². The van der Waals surface area contributed by atoms with Crippen molar-refractivity contribution in [3.05, 3.63) is 131 Å². The highest BCUT2D eigenvalue weighted by Gasteiger charge is 2.18. The van der Waals surface area contributed by atoms with Crippen molar-refractivity contribution in [2.45, 2.75) is 58.7 Å². The Morgan fingerprint density at radius 1 is 0.778 bits per heavy atom. The van der Waals surface area contributed by atoms with Crippen LogP contribution in [-0.2, 0) is 26.1 Å². The van der Waals surface area contributed by atoms with Crippen molar-refractivity contribution < 1.29 is 9.18 Å². The van der Waals surface area contributed by atoms with Crippen LogP contribution in [0.5, 0.6) is 0 Å². The number of benzene rings is 3. The second kappa shape index (κ2) is 12.9. The topological polar surface area (TPSA) is 25.2 Å². The third-order valence-corrected chi connectivity index (χ3v) is 6.54. The Hall–Kier alpha value is -3.66. The standard InChI is InChI=1S/C32H35FN2O/c1-2-3-4-6-11-26-17-19-29(20-18-26)32(36)35(23-27-12-7-5-8-13-27)25-31-16-10-21-34(31)24-28-14-9-15-30(33)22-28/h5,7-10,12-22H,2-4,6,11,23-25H2,1H3. The van der Waals surface area contributed by atoms with Crippen molar-refractivity contribution in [3.63, 3.8) is 0 Å². The molecule has 0 N–H and O–H groups in total. The highest BCUT2D eigenvalue weighted by atomic mass is 19.1. The average molecular weight is 483 g/mol. The summed E-state index contributed by atoms with van der Waals surface area (Å²) in [6.07, 6.45) is 7.97. The Kier molecular flexibility index (Phi) is 9.09. The zero-order valence-corrected chi connectivity index (χ0v) is 21.1. The number of hydrogen-bond acceptors (Lipinski definition) is 1. The first-order chi connectivity index (χ1) is 17.6. The molecule has 186 valence electrons. The van der Waals surface area contributed by atoms with Crippen LogP contribution in [0.4, 0.5) is 4.39 Å². The van der Waals surface area contributed by atoms with E-state index >= 15 is 0 Å². The molecule has 0 atom stereocenters. The van der Waals surface area contributed by atoms with Gasteiger partial charge in [-0.3, -0.25) is 4.79 Å². The van der Waals surface area contributed by atoms with Crippen molar-refractivity contribution in [2.75, 3.05) is 0 Å². The Bertz CT molecular complexity index is 1230. The molecule has 3 nitrogen and oxygen atoms in total. The molecule has 3 aromatic carbocycles. The molecule has 0 radical (unpaired) electrons. The fourth-order valence-corrected chi connectivity index (χ4v) is 4.53. The zero-order valence-electron chi connectivity index (χ0n) is 21.1. The Morgan fingerprint density at radius 2 is 1.56 bits per heavy atom. The average Bonchev–Trinajstić information content (AvgIpc) is 3.33. The van der Waals surface area contributed by atoms with E-state index in [4.69, 9.17) is 0 Å². The molecule has 36 heavy (non-hydrogen) atoms. The van der Waals surface area contributed by atoms with Gasteiger partial charge in [0.05, 0.1) is 6.54 Å². The molecule has 0 aliphatic carbocycles. The van der Waals surface area contributed by atoms with Gasteiger partial charge < -0.3 is 9.47 Å². The van der Waals surface area contributed by atoms with Crippen LogP contribution in [-0.4, -0.2) is 15.4 Å². The minimum absolute atomic E-state index is 0.00916. The second-order valence-corrected chi connectivity index (χ2v) is 9.41. The molecule has 4 aromatic rings. The van der Waals surface area contributed by atoms with Gasteiger partial charge in [-0.1, -0.05) is 80.8 Å². The smallest absolute Gasteiger partial charge is 0.254 e. The van der Waals surface area contributed by atoms with Crippen LogP contribution >= 0.6 is 0 Å². The molecule has 1 heterocycles. The third kappa shape index (κ3) is 7.17. The molecule has 0 bridgehead atoms. The van der Waals surface area contributed by atoms with Gasteiger partial charge in [0.25, 0.3) is 5.91 Å². The summed E-state index contributed by atoms with van der Waals surface area (Å²) in [5.41, 5.74) is 4.97. The van der Waals surface area contributed by atoms with Gasteiger partial charge in [0.1, 0.15) is 5.82 Å². The molecule has 0 spiro atoms. The van der Waals surface area contributed by atoms with Crippen molar-refractivity contribution in [1.29, 1.82) is 0 Å². The van der Waals surface area contributed by atoms with E-state index in [0.717, 1.165) is 23.2 Å². The second-order valence-electron chi connectivity index (χ2n) is 9.41. The van der Waals surface area contributed by atoms with Crippen molar-refractivity contribution in [1.82, 2.24) is 9.47 Å². The minimum atomic E-state index is -0.240. The van der Waals surface area contributed by atoms with Gasteiger partial charge in [-0.2, -0.15) is 0 Å². The van der Waals surface area contributed by atoms with E-state index in [2.05, 4.69) is 23.6 Å². The van der Waals surface area contributed by atoms with Crippen LogP contribution in [0.3, 0.4) is 0 Å². The molecular formula is C32H35FN2O. The molecule has 4 heteroatoms.